The number of rotatable bonds is 3. The van der Waals surface area contributed by atoms with Crippen LogP contribution in [0.3, 0.4) is 0 Å². The van der Waals surface area contributed by atoms with Crippen molar-refractivity contribution < 1.29 is 35.1 Å². The van der Waals surface area contributed by atoms with Gasteiger partial charge in [-0.1, -0.05) is 18.2 Å². The van der Waals surface area contributed by atoms with E-state index in [-0.39, 0.29) is 0 Å². The molecule has 2 rings (SSSR count). The Morgan fingerprint density at radius 1 is 0.792 bits per heavy atom. The lowest BCUT2D eigenvalue weighted by Gasteiger charge is -2.17. The first-order chi connectivity index (χ1) is 11.0. The summed E-state index contributed by atoms with van der Waals surface area (Å²) >= 11 is -1.71. The Hall–Kier alpha value is -1.42. The van der Waals surface area contributed by atoms with E-state index in [9.17, 15) is 35.1 Å². The first-order valence-electron chi connectivity index (χ1n) is 5.98. The number of thioether (sulfide) groups is 2. The van der Waals surface area contributed by atoms with Gasteiger partial charge in [-0.25, -0.2) is 8.78 Å². The molecule has 0 N–H and O–H groups in total. The molecule has 2 aromatic carbocycles. The van der Waals surface area contributed by atoms with Gasteiger partial charge in [0.1, 0.15) is 11.6 Å². The van der Waals surface area contributed by atoms with Crippen molar-refractivity contribution in [3.63, 3.8) is 0 Å². The van der Waals surface area contributed by atoms with E-state index in [1.54, 1.807) is 0 Å². The monoisotopic (exact) mass is 389 g/mol. The fraction of sp³-hybridized carbons (Fsp3) is 0.143. The number of hydrogen-bond donors (Lipinski definition) is 0. The third-order valence-electron chi connectivity index (χ3n) is 2.58. The van der Waals surface area contributed by atoms with Gasteiger partial charge in [0.2, 0.25) is 0 Å². The second-order valence-corrected chi connectivity index (χ2v) is 6.39. The maximum Gasteiger partial charge on any atom is 0.446 e. The predicted molar refractivity (Wildman–Crippen MR) is 74.5 cm³/mol. The zero-order chi connectivity index (χ0) is 18.1. The van der Waals surface area contributed by atoms with Crippen molar-refractivity contribution in [3.05, 3.63) is 48.0 Å². The van der Waals surface area contributed by atoms with Crippen LogP contribution in [0.4, 0.5) is 35.1 Å². The van der Waals surface area contributed by atoms with Crippen LogP contribution in [0.5, 0.6) is 0 Å². The van der Waals surface area contributed by atoms with Crippen LogP contribution in [0.25, 0.3) is 11.1 Å². The topological polar surface area (TPSA) is 0 Å². The molecule has 0 aliphatic carbocycles. The van der Waals surface area contributed by atoms with E-state index < -0.39 is 67.1 Å². The minimum Gasteiger partial charge on any atom is -0.206 e. The number of halogens is 8. The van der Waals surface area contributed by atoms with Gasteiger partial charge in [-0.15, -0.1) is 0 Å². The van der Waals surface area contributed by atoms with Crippen LogP contribution in [-0.2, 0) is 0 Å². The first-order valence-corrected chi connectivity index (χ1v) is 7.62. The molecule has 0 aromatic heterocycles. The highest BCUT2D eigenvalue weighted by Gasteiger charge is 2.36. The Kier molecular flexibility index (Phi) is 5.38. The quantitative estimate of drug-likeness (QED) is 0.426. The summed E-state index contributed by atoms with van der Waals surface area (Å²) in [6.45, 7) is 0. The van der Waals surface area contributed by atoms with Gasteiger partial charge in [0, 0.05) is 15.4 Å². The van der Waals surface area contributed by atoms with E-state index in [1.807, 2.05) is 6.07 Å². The SMILES string of the molecule is Fc1cccc(F)c1-c1cc[c]c(SC(F)(F)F)c1SC(F)(F)F. The zero-order valence-electron chi connectivity index (χ0n) is 11.2. The standard InChI is InChI=1S/C14H5F8S2/c15-8-4-2-5-9(16)11(8)7-3-1-6-10(23-13(17,18)19)12(7)24-14(20,21)22/h1-5H. The molecular weight excluding hydrogens is 384 g/mol. The zero-order valence-corrected chi connectivity index (χ0v) is 12.9. The van der Waals surface area contributed by atoms with Crippen LogP contribution in [0.1, 0.15) is 0 Å². The Labute approximate surface area is 139 Å². The third kappa shape index (κ3) is 4.79. The lowest BCUT2D eigenvalue weighted by molar-refractivity contribution is -0.0346. The molecule has 0 aliphatic rings. The van der Waals surface area contributed by atoms with Gasteiger partial charge in [-0.05, 0) is 41.7 Å². The van der Waals surface area contributed by atoms with Crippen molar-refractivity contribution in [3.8, 4) is 11.1 Å². The Morgan fingerprint density at radius 3 is 1.83 bits per heavy atom. The summed E-state index contributed by atoms with van der Waals surface area (Å²) in [6.07, 6.45) is 0. The van der Waals surface area contributed by atoms with E-state index >= 15 is 0 Å². The van der Waals surface area contributed by atoms with Crippen molar-refractivity contribution in [2.75, 3.05) is 0 Å². The van der Waals surface area contributed by atoms with Gasteiger partial charge in [0.05, 0.1) is 5.56 Å². The number of alkyl halides is 6. The molecule has 0 unspecified atom stereocenters. The highest BCUT2D eigenvalue weighted by atomic mass is 32.2. The van der Waals surface area contributed by atoms with Gasteiger partial charge in [-0.2, -0.15) is 26.3 Å². The average Bonchev–Trinajstić information content (AvgIpc) is 2.38. The molecule has 0 amide bonds. The molecule has 24 heavy (non-hydrogen) atoms. The normalized spacial score (nSPS) is 12.5. The minimum atomic E-state index is -4.95. The molecule has 0 heterocycles. The molecule has 0 nitrogen and oxygen atoms in total. The van der Waals surface area contributed by atoms with E-state index in [1.165, 1.54) is 0 Å². The van der Waals surface area contributed by atoms with Gasteiger partial charge in [0.25, 0.3) is 0 Å². The van der Waals surface area contributed by atoms with E-state index in [0.29, 0.717) is 0 Å². The van der Waals surface area contributed by atoms with Crippen molar-refractivity contribution in [2.45, 2.75) is 20.8 Å². The smallest absolute Gasteiger partial charge is 0.206 e. The third-order valence-corrected chi connectivity index (χ3v) is 4.33. The molecule has 10 heteroatoms. The van der Waals surface area contributed by atoms with Crippen molar-refractivity contribution in [1.82, 2.24) is 0 Å². The lowest BCUT2D eigenvalue weighted by Crippen LogP contribution is -2.05. The molecule has 129 valence electrons. The summed E-state index contributed by atoms with van der Waals surface area (Å²) < 4.78 is 104. The van der Waals surface area contributed by atoms with Crippen LogP contribution in [0, 0.1) is 17.7 Å². The largest absolute Gasteiger partial charge is 0.446 e. The summed E-state index contributed by atoms with van der Waals surface area (Å²) in [4.78, 5) is -1.87. The second-order valence-electron chi connectivity index (χ2n) is 4.24. The van der Waals surface area contributed by atoms with Gasteiger partial charge >= 0.3 is 11.0 Å². The molecule has 0 saturated heterocycles. The Morgan fingerprint density at radius 2 is 1.33 bits per heavy atom. The second kappa shape index (κ2) is 6.83. The molecule has 0 bridgehead atoms. The maximum absolute atomic E-state index is 13.8. The average molecular weight is 389 g/mol. The highest BCUT2D eigenvalue weighted by molar-refractivity contribution is 8.03. The molecule has 1 radical (unpaired) electrons. The molecule has 2 aromatic rings. The first kappa shape index (κ1) is 18.9. The summed E-state index contributed by atoms with van der Waals surface area (Å²) in [5.74, 6) is -2.37. The summed E-state index contributed by atoms with van der Waals surface area (Å²) in [5, 5.41) is 0. The van der Waals surface area contributed by atoms with Crippen molar-refractivity contribution in [1.29, 1.82) is 0 Å². The predicted octanol–water partition coefficient (Wildman–Crippen LogP) is 6.66. The van der Waals surface area contributed by atoms with E-state index in [2.05, 4.69) is 0 Å². The summed E-state index contributed by atoms with van der Waals surface area (Å²) in [5.41, 5.74) is -11.3. The van der Waals surface area contributed by atoms with Crippen molar-refractivity contribution >= 4 is 23.5 Å². The number of hydrogen-bond acceptors (Lipinski definition) is 2. The lowest BCUT2D eigenvalue weighted by atomic mass is 10.0. The molecule has 0 saturated carbocycles. The summed E-state index contributed by atoms with van der Waals surface area (Å²) in [7, 11) is 0. The maximum atomic E-state index is 13.8. The van der Waals surface area contributed by atoms with Crippen molar-refractivity contribution in [2.24, 2.45) is 0 Å². The molecule has 0 fully saturated rings. The summed E-state index contributed by atoms with van der Waals surface area (Å²) in [6, 6.07) is 6.40. The fourth-order valence-corrected chi connectivity index (χ4v) is 3.30. The minimum absolute atomic E-state index is 0.626. The van der Waals surface area contributed by atoms with Crippen LogP contribution in [0.15, 0.2) is 40.1 Å². The molecule has 0 spiro atoms. The van der Waals surface area contributed by atoms with Crippen LogP contribution >= 0.6 is 23.5 Å². The highest BCUT2D eigenvalue weighted by Crippen LogP contribution is 2.49. The van der Waals surface area contributed by atoms with Crippen LogP contribution in [-0.4, -0.2) is 11.0 Å². The molecule has 0 atom stereocenters. The van der Waals surface area contributed by atoms with Gasteiger partial charge < -0.3 is 0 Å². The Bertz CT molecular complexity index is 716. The van der Waals surface area contributed by atoms with E-state index in [4.69, 9.17) is 0 Å². The van der Waals surface area contributed by atoms with Crippen LogP contribution in [0.2, 0.25) is 0 Å². The fourth-order valence-electron chi connectivity index (χ4n) is 1.82. The van der Waals surface area contributed by atoms with Crippen LogP contribution < -0.4 is 0 Å². The van der Waals surface area contributed by atoms with Gasteiger partial charge in [0.15, 0.2) is 0 Å². The van der Waals surface area contributed by atoms with E-state index in [0.717, 1.165) is 30.3 Å². The van der Waals surface area contributed by atoms with Gasteiger partial charge in [-0.3, -0.25) is 0 Å². The molecule has 0 aliphatic heterocycles. The molecular formula is C14H5F8S2. The number of benzene rings is 2. The Balaban J connectivity index is 2.69.